The van der Waals surface area contributed by atoms with Crippen LogP contribution < -0.4 is 0 Å². The lowest BCUT2D eigenvalue weighted by Gasteiger charge is -2.16. The van der Waals surface area contributed by atoms with Crippen LogP contribution in [0.15, 0.2) is 47.1 Å². The van der Waals surface area contributed by atoms with Crippen molar-refractivity contribution in [2.45, 2.75) is 26.2 Å². The van der Waals surface area contributed by atoms with E-state index in [4.69, 9.17) is 11.6 Å². The molecule has 0 saturated carbocycles. The number of hydrogen-bond donors (Lipinski definition) is 0. The molecule has 0 aromatic rings. The third-order valence-electron chi connectivity index (χ3n) is 2.14. The molecule has 0 aromatic carbocycles. The summed E-state index contributed by atoms with van der Waals surface area (Å²) in [5, 5.41) is 0.921. The Hall–Kier alpha value is -0.750. The lowest BCUT2D eigenvalue weighted by molar-refractivity contribution is 0.792. The Kier molecular flexibility index (Phi) is 4.04. The van der Waals surface area contributed by atoms with Gasteiger partial charge in [0.1, 0.15) is 0 Å². The van der Waals surface area contributed by atoms with E-state index in [1.165, 1.54) is 17.6 Å². The minimum atomic E-state index is 0.921. The summed E-state index contributed by atoms with van der Waals surface area (Å²) in [4.78, 5) is 0. The molecule has 1 rings (SSSR count). The van der Waals surface area contributed by atoms with E-state index in [-0.39, 0.29) is 0 Å². The molecule has 13 heavy (non-hydrogen) atoms. The highest BCUT2D eigenvalue weighted by Gasteiger charge is 2.12. The van der Waals surface area contributed by atoms with E-state index in [1.807, 2.05) is 19.1 Å². The molecule has 0 N–H and O–H groups in total. The van der Waals surface area contributed by atoms with Crippen LogP contribution in [0.5, 0.6) is 0 Å². The molecule has 1 heteroatoms. The maximum absolute atomic E-state index is 6.22. The minimum Gasteiger partial charge on any atom is -0.0991 e. The van der Waals surface area contributed by atoms with Gasteiger partial charge in [0, 0.05) is 5.03 Å². The average Bonchev–Trinajstić information content (AvgIpc) is 2.13. The van der Waals surface area contributed by atoms with Crippen LogP contribution in [-0.2, 0) is 0 Å². The van der Waals surface area contributed by atoms with E-state index in [9.17, 15) is 0 Å². The maximum Gasteiger partial charge on any atom is 0.0469 e. The summed E-state index contributed by atoms with van der Waals surface area (Å²) in [6.45, 7) is 5.70. The average molecular weight is 195 g/mol. The van der Waals surface area contributed by atoms with Crippen molar-refractivity contribution in [3.05, 3.63) is 47.1 Å². The fraction of sp³-hybridized carbons (Fsp3) is 0.333. The molecular formula is C12H15Cl. The topological polar surface area (TPSA) is 0 Å². The van der Waals surface area contributed by atoms with E-state index < -0.39 is 0 Å². The van der Waals surface area contributed by atoms with Gasteiger partial charge < -0.3 is 0 Å². The Morgan fingerprint density at radius 3 is 2.77 bits per heavy atom. The molecule has 0 fully saturated rings. The van der Waals surface area contributed by atoms with Crippen molar-refractivity contribution in [1.29, 1.82) is 0 Å². The van der Waals surface area contributed by atoms with Crippen molar-refractivity contribution in [2.75, 3.05) is 0 Å². The Balaban J connectivity index is 2.98. The number of rotatable bonds is 2. The van der Waals surface area contributed by atoms with Gasteiger partial charge in [-0.1, -0.05) is 42.5 Å². The van der Waals surface area contributed by atoms with Gasteiger partial charge in [-0.2, -0.15) is 0 Å². The summed E-state index contributed by atoms with van der Waals surface area (Å²) in [6.07, 6.45) is 11.3. The summed E-state index contributed by atoms with van der Waals surface area (Å²) in [5.74, 6) is 0. The van der Waals surface area contributed by atoms with Crippen LogP contribution in [0.4, 0.5) is 0 Å². The van der Waals surface area contributed by atoms with E-state index >= 15 is 0 Å². The first-order valence-electron chi connectivity index (χ1n) is 4.63. The highest BCUT2D eigenvalue weighted by molar-refractivity contribution is 6.32. The molecular weight excluding hydrogens is 180 g/mol. The third-order valence-corrected chi connectivity index (χ3v) is 2.63. The first kappa shape index (κ1) is 10.3. The van der Waals surface area contributed by atoms with Crippen molar-refractivity contribution in [2.24, 2.45) is 0 Å². The second kappa shape index (κ2) is 5.08. The smallest absolute Gasteiger partial charge is 0.0469 e. The lowest BCUT2D eigenvalue weighted by atomic mass is 9.94. The van der Waals surface area contributed by atoms with Gasteiger partial charge >= 0.3 is 0 Å². The van der Waals surface area contributed by atoms with Crippen LogP contribution in [-0.4, -0.2) is 0 Å². The highest BCUT2D eigenvalue weighted by atomic mass is 35.5. The molecule has 0 aromatic heterocycles. The van der Waals surface area contributed by atoms with Crippen molar-refractivity contribution in [3.8, 4) is 0 Å². The maximum atomic E-state index is 6.22. The Bertz CT molecular complexity index is 279. The lowest BCUT2D eigenvalue weighted by Crippen LogP contribution is -1.97. The first-order chi connectivity index (χ1) is 6.29. The highest BCUT2D eigenvalue weighted by Crippen LogP contribution is 2.32. The van der Waals surface area contributed by atoms with Crippen molar-refractivity contribution < 1.29 is 0 Å². The van der Waals surface area contributed by atoms with Crippen LogP contribution in [0.25, 0.3) is 0 Å². The molecule has 0 unspecified atom stereocenters. The van der Waals surface area contributed by atoms with Crippen molar-refractivity contribution in [3.63, 3.8) is 0 Å². The van der Waals surface area contributed by atoms with Gasteiger partial charge in [0.25, 0.3) is 0 Å². The summed E-state index contributed by atoms with van der Waals surface area (Å²) in [7, 11) is 0. The monoisotopic (exact) mass is 194 g/mol. The Morgan fingerprint density at radius 1 is 1.38 bits per heavy atom. The molecule has 70 valence electrons. The van der Waals surface area contributed by atoms with Crippen LogP contribution in [0, 0.1) is 0 Å². The summed E-state index contributed by atoms with van der Waals surface area (Å²) < 4.78 is 0. The van der Waals surface area contributed by atoms with Gasteiger partial charge in [0.15, 0.2) is 0 Å². The molecule has 0 spiro atoms. The standard InChI is InChI=1S/C12H15Cl/c1-3-6-10-8-5-9-11(7-4-2)12(10)13/h3-4,6-7H,1,5,8-9H2,2H3. The Labute approximate surface area is 85.3 Å². The fourth-order valence-corrected chi connectivity index (χ4v) is 1.87. The molecule has 1 aliphatic rings. The van der Waals surface area contributed by atoms with Gasteiger partial charge in [0.05, 0.1) is 0 Å². The first-order valence-corrected chi connectivity index (χ1v) is 5.00. The minimum absolute atomic E-state index is 0.921. The van der Waals surface area contributed by atoms with E-state index in [1.54, 1.807) is 6.08 Å². The molecule has 0 amide bonds. The van der Waals surface area contributed by atoms with Crippen LogP contribution in [0.1, 0.15) is 26.2 Å². The zero-order valence-corrected chi connectivity index (χ0v) is 8.77. The third kappa shape index (κ3) is 2.60. The van der Waals surface area contributed by atoms with Gasteiger partial charge in [-0.25, -0.2) is 0 Å². The molecule has 1 aliphatic carbocycles. The molecule has 0 saturated heterocycles. The fourth-order valence-electron chi connectivity index (χ4n) is 1.55. The van der Waals surface area contributed by atoms with Gasteiger partial charge in [-0.05, 0) is 37.3 Å². The predicted molar refractivity (Wildman–Crippen MR) is 59.8 cm³/mol. The molecule has 0 aliphatic heterocycles. The second-order valence-electron chi connectivity index (χ2n) is 3.12. The zero-order chi connectivity index (χ0) is 9.68. The number of hydrogen-bond acceptors (Lipinski definition) is 0. The van der Waals surface area contributed by atoms with Crippen LogP contribution in [0.2, 0.25) is 0 Å². The summed E-state index contributed by atoms with van der Waals surface area (Å²) >= 11 is 6.22. The normalized spacial score (nSPS) is 21.5. The molecule has 0 bridgehead atoms. The summed E-state index contributed by atoms with van der Waals surface area (Å²) in [5.41, 5.74) is 2.47. The van der Waals surface area contributed by atoms with E-state index in [0.717, 1.165) is 17.9 Å². The molecule has 0 nitrogen and oxygen atoms in total. The molecule has 0 radical (unpaired) electrons. The molecule has 0 atom stereocenters. The van der Waals surface area contributed by atoms with Gasteiger partial charge in [-0.3, -0.25) is 0 Å². The molecule has 0 heterocycles. The summed E-state index contributed by atoms with van der Waals surface area (Å²) in [6, 6.07) is 0. The van der Waals surface area contributed by atoms with Gasteiger partial charge in [0.2, 0.25) is 0 Å². The number of allylic oxidation sites excluding steroid dienone is 7. The largest absolute Gasteiger partial charge is 0.0991 e. The predicted octanol–water partition coefficient (Wildman–Crippen LogP) is 4.35. The quantitative estimate of drug-likeness (QED) is 0.613. The van der Waals surface area contributed by atoms with Crippen LogP contribution in [0.3, 0.4) is 0 Å². The van der Waals surface area contributed by atoms with Crippen molar-refractivity contribution >= 4 is 11.6 Å². The SMILES string of the molecule is C=CC=C1CCCC(C=CC)=C1Cl. The zero-order valence-electron chi connectivity index (χ0n) is 8.02. The van der Waals surface area contributed by atoms with Crippen LogP contribution >= 0.6 is 11.6 Å². The van der Waals surface area contributed by atoms with E-state index in [0.29, 0.717) is 0 Å². The second-order valence-corrected chi connectivity index (χ2v) is 3.50. The van der Waals surface area contributed by atoms with Crippen molar-refractivity contribution in [1.82, 2.24) is 0 Å². The van der Waals surface area contributed by atoms with E-state index in [2.05, 4.69) is 12.7 Å². The van der Waals surface area contributed by atoms with Gasteiger partial charge in [-0.15, -0.1) is 0 Å². The Morgan fingerprint density at radius 2 is 2.15 bits per heavy atom. The number of halogens is 1.